The molecule has 4 rings (SSSR count). The van der Waals surface area contributed by atoms with Gasteiger partial charge in [0.05, 0.1) is 11.5 Å². The first-order valence-electron chi connectivity index (χ1n) is 9.46. The van der Waals surface area contributed by atoms with E-state index >= 15 is 0 Å². The SMILES string of the molecule is CCn1c(SC[C@@H]2CCCCO2)nc2sc3c(c2c1=O)CC[C@H](C)C3. The normalized spacial score (nSPS) is 23.8. The summed E-state index contributed by atoms with van der Waals surface area (Å²) in [4.78, 5) is 20.4. The van der Waals surface area contributed by atoms with Crippen LogP contribution in [-0.2, 0) is 24.1 Å². The molecule has 25 heavy (non-hydrogen) atoms. The van der Waals surface area contributed by atoms with Gasteiger partial charge in [-0.1, -0.05) is 18.7 Å². The number of rotatable bonds is 4. The lowest BCUT2D eigenvalue weighted by Gasteiger charge is -2.22. The van der Waals surface area contributed by atoms with Gasteiger partial charge in [0.1, 0.15) is 4.83 Å². The zero-order valence-corrected chi connectivity index (χ0v) is 16.7. The lowest BCUT2D eigenvalue weighted by atomic mass is 9.89. The van der Waals surface area contributed by atoms with Crippen LogP contribution in [0, 0.1) is 5.92 Å². The van der Waals surface area contributed by atoms with Gasteiger partial charge >= 0.3 is 0 Å². The molecule has 6 heteroatoms. The topological polar surface area (TPSA) is 44.1 Å². The van der Waals surface area contributed by atoms with Crippen LogP contribution in [0.3, 0.4) is 0 Å². The fourth-order valence-electron chi connectivity index (χ4n) is 3.90. The number of hydrogen-bond donors (Lipinski definition) is 0. The number of nitrogens with zero attached hydrogens (tertiary/aromatic N) is 2. The van der Waals surface area contributed by atoms with E-state index in [1.165, 1.54) is 29.7 Å². The molecule has 136 valence electrons. The quantitative estimate of drug-likeness (QED) is 0.589. The molecule has 1 aliphatic heterocycles. The number of ether oxygens (including phenoxy) is 1. The van der Waals surface area contributed by atoms with Gasteiger partial charge in [-0.2, -0.15) is 0 Å². The summed E-state index contributed by atoms with van der Waals surface area (Å²) >= 11 is 3.43. The predicted molar refractivity (Wildman–Crippen MR) is 105 cm³/mol. The largest absolute Gasteiger partial charge is 0.377 e. The van der Waals surface area contributed by atoms with Crippen molar-refractivity contribution in [2.75, 3.05) is 12.4 Å². The van der Waals surface area contributed by atoms with Crippen LogP contribution in [-0.4, -0.2) is 28.0 Å². The van der Waals surface area contributed by atoms with Crippen LogP contribution >= 0.6 is 23.1 Å². The zero-order valence-electron chi connectivity index (χ0n) is 15.0. The molecule has 0 saturated carbocycles. The molecule has 0 radical (unpaired) electrons. The highest BCUT2D eigenvalue weighted by Gasteiger charge is 2.25. The first-order chi connectivity index (χ1) is 12.2. The summed E-state index contributed by atoms with van der Waals surface area (Å²) in [5, 5.41) is 1.76. The van der Waals surface area contributed by atoms with E-state index in [9.17, 15) is 4.79 Å². The molecule has 0 bridgehead atoms. The third-order valence-electron chi connectivity index (χ3n) is 5.37. The molecule has 4 nitrogen and oxygen atoms in total. The summed E-state index contributed by atoms with van der Waals surface area (Å²) < 4.78 is 7.70. The molecule has 2 aliphatic rings. The Hall–Kier alpha value is -0.850. The minimum atomic E-state index is 0.159. The Balaban J connectivity index is 1.68. The summed E-state index contributed by atoms with van der Waals surface area (Å²) in [5.41, 5.74) is 1.44. The van der Waals surface area contributed by atoms with E-state index in [0.717, 1.165) is 47.0 Å². The second kappa shape index (κ2) is 7.41. The van der Waals surface area contributed by atoms with E-state index in [-0.39, 0.29) is 5.56 Å². The number of aromatic nitrogens is 2. The van der Waals surface area contributed by atoms with E-state index in [0.29, 0.717) is 18.6 Å². The maximum Gasteiger partial charge on any atom is 0.263 e. The van der Waals surface area contributed by atoms with Crippen LogP contribution in [0.2, 0.25) is 0 Å². The molecular formula is C19H26N2O2S2. The molecule has 0 unspecified atom stereocenters. The van der Waals surface area contributed by atoms with Crippen molar-refractivity contribution in [3.8, 4) is 0 Å². The van der Waals surface area contributed by atoms with Crippen molar-refractivity contribution >= 4 is 33.3 Å². The minimum Gasteiger partial charge on any atom is -0.377 e. The van der Waals surface area contributed by atoms with Crippen molar-refractivity contribution in [1.82, 2.24) is 9.55 Å². The fraction of sp³-hybridized carbons (Fsp3) is 0.684. The first kappa shape index (κ1) is 17.6. The van der Waals surface area contributed by atoms with Gasteiger partial charge in [-0.05, 0) is 56.9 Å². The number of hydrogen-bond acceptors (Lipinski definition) is 5. The average molecular weight is 379 g/mol. The van der Waals surface area contributed by atoms with Crippen LogP contribution in [0.25, 0.3) is 10.2 Å². The van der Waals surface area contributed by atoms with E-state index < -0.39 is 0 Å². The Bertz CT molecular complexity index is 821. The summed E-state index contributed by atoms with van der Waals surface area (Å²) in [7, 11) is 0. The first-order valence-corrected chi connectivity index (χ1v) is 11.3. The van der Waals surface area contributed by atoms with Crippen LogP contribution in [0.15, 0.2) is 9.95 Å². The zero-order chi connectivity index (χ0) is 17.4. The number of thiophene rings is 1. The molecule has 1 aliphatic carbocycles. The van der Waals surface area contributed by atoms with Gasteiger partial charge in [0.15, 0.2) is 5.16 Å². The Morgan fingerprint density at radius 2 is 2.24 bits per heavy atom. The Morgan fingerprint density at radius 1 is 1.36 bits per heavy atom. The van der Waals surface area contributed by atoms with Crippen LogP contribution in [0.5, 0.6) is 0 Å². The van der Waals surface area contributed by atoms with Gasteiger partial charge in [0.25, 0.3) is 5.56 Å². The molecule has 0 amide bonds. The highest BCUT2D eigenvalue weighted by Crippen LogP contribution is 2.36. The maximum atomic E-state index is 13.1. The Labute approximate surface area is 157 Å². The molecule has 0 aromatic carbocycles. The standard InChI is InChI=1S/C19H26N2O2S2/c1-3-21-18(22)16-14-8-7-12(2)10-15(14)25-17(16)20-19(21)24-11-13-6-4-5-9-23-13/h12-13H,3-11H2,1-2H3/t12-,13-/m0/s1. The maximum absolute atomic E-state index is 13.1. The minimum absolute atomic E-state index is 0.159. The highest BCUT2D eigenvalue weighted by atomic mass is 32.2. The third-order valence-corrected chi connectivity index (χ3v) is 7.63. The Kier molecular flexibility index (Phi) is 5.20. The average Bonchev–Trinajstić information content (AvgIpc) is 2.98. The van der Waals surface area contributed by atoms with E-state index in [2.05, 4.69) is 6.92 Å². The fourth-order valence-corrected chi connectivity index (χ4v) is 6.45. The van der Waals surface area contributed by atoms with Crippen molar-refractivity contribution in [2.45, 2.75) is 70.2 Å². The van der Waals surface area contributed by atoms with Gasteiger partial charge in [-0.25, -0.2) is 4.98 Å². The molecule has 2 atom stereocenters. The van der Waals surface area contributed by atoms with Gasteiger partial charge in [0.2, 0.25) is 0 Å². The molecule has 2 aromatic heterocycles. The van der Waals surface area contributed by atoms with Crippen molar-refractivity contribution < 1.29 is 4.74 Å². The molecule has 1 saturated heterocycles. The van der Waals surface area contributed by atoms with Crippen LogP contribution in [0.4, 0.5) is 0 Å². The van der Waals surface area contributed by atoms with Crippen LogP contribution in [0.1, 0.15) is 50.0 Å². The Morgan fingerprint density at radius 3 is 3.00 bits per heavy atom. The van der Waals surface area contributed by atoms with Gasteiger partial charge < -0.3 is 4.74 Å². The predicted octanol–water partition coefficient (Wildman–Crippen LogP) is 4.26. The van der Waals surface area contributed by atoms with Gasteiger partial charge in [-0.15, -0.1) is 11.3 Å². The van der Waals surface area contributed by atoms with Crippen molar-refractivity contribution in [1.29, 1.82) is 0 Å². The van der Waals surface area contributed by atoms with Gasteiger partial charge in [0, 0.05) is 23.8 Å². The lowest BCUT2D eigenvalue weighted by Crippen LogP contribution is -2.25. The summed E-state index contributed by atoms with van der Waals surface area (Å²) in [6.45, 7) is 5.89. The second-order valence-electron chi connectivity index (χ2n) is 7.28. The second-order valence-corrected chi connectivity index (χ2v) is 9.35. The van der Waals surface area contributed by atoms with Crippen LogP contribution < -0.4 is 5.56 Å². The molecular weight excluding hydrogens is 352 g/mol. The highest BCUT2D eigenvalue weighted by molar-refractivity contribution is 7.99. The molecule has 0 spiro atoms. The molecule has 1 fully saturated rings. The van der Waals surface area contributed by atoms with Crippen molar-refractivity contribution in [3.63, 3.8) is 0 Å². The third kappa shape index (κ3) is 3.40. The summed E-state index contributed by atoms with van der Waals surface area (Å²) in [6, 6.07) is 0. The summed E-state index contributed by atoms with van der Waals surface area (Å²) in [5.74, 6) is 1.60. The number of fused-ring (bicyclic) bond motifs is 3. The van der Waals surface area contributed by atoms with E-state index in [4.69, 9.17) is 9.72 Å². The van der Waals surface area contributed by atoms with E-state index in [1.807, 2.05) is 11.5 Å². The monoisotopic (exact) mass is 378 g/mol. The lowest BCUT2D eigenvalue weighted by molar-refractivity contribution is 0.0315. The number of aryl methyl sites for hydroxylation is 1. The number of thioether (sulfide) groups is 1. The smallest absolute Gasteiger partial charge is 0.263 e. The molecule has 3 heterocycles. The van der Waals surface area contributed by atoms with Crippen molar-refractivity contribution in [3.05, 3.63) is 20.8 Å². The van der Waals surface area contributed by atoms with E-state index in [1.54, 1.807) is 23.1 Å². The molecule has 0 N–H and O–H groups in total. The summed E-state index contributed by atoms with van der Waals surface area (Å²) in [6.07, 6.45) is 7.14. The van der Waals surface area contributed by atoms with Gasteiger partial charge in [-0.3, -0.25) is 9.36 Å². The molecule has 2 aromatic rings. The van der Waals surface area contributed by atoms with Crippen molar-refractivity contribution in [2.24, 2.45) is 5.92 Å².